The van der Waals surface area contributed by atoms with Gasteiger partial charge in [-0.2, -0.15) is 17.6 Å². The van der Waals surface area contributed by atoms with Crippen LogP contribution in [-0.2, 0) is 54.0 Å². The van der Waals surface area contributed by atoms with Gasteiger partial charge in [-0.3, -0.25) is 0 Å². The Morgan fingerprint density at radius 2 is 1.00 bits per heavy atom. The Kier molecular flexibility index (Phi) is 9.82. The molecule has 38 heavy (non-hydrogen) atoms. The molecule has 10 heteroatoms. The van der Waals surface area contributed by atoms with Crippen LogP contribution in [0.5, 0.6) is 0 Å². The van der Waals surface area contributed by atoms with Gasteiger partial charge in [-0.25, -0.2) is 9.59 Å². The smallest absolute Gasteiger partial charge is 0.383 e. The third-order valence-electron chi connectivity index (χ3n) is 5.93. The molecule has 1 fully saturated rings. The van der Waals surface area contributed by atoms with Crippen molar-refractivity contribution >= 4 is 11.9 Å². The van der Waals surface area contributed by atoms with Crippen LogP contribution < -0.4 is 0 Å². The number of rotatable bonds is 12. The van der Waals surface area contributed by atoms with Gasteiger partial charge in [-0.05, 0) is 61.1 Å². The largest absolute Gasteiger partial charge is 0.458 e. The van der Waals surface area contributed by atoms with Crippen molar-refractivity contribution in [3.63, 3.8) is 0 Å². The summed E-state index contributed by atoms with van der Waals surface area (Å²) in [5, 5.41) is 0. The van der Waals surface area contributed by atoms with Crippen molar-refractivity contribution in [2.75, 3.05) is 0 Å². The summed E-state index contributed by atoms with van der Waals surface area (Å²) in [7, 11) is 0. The lowest BCUT2D eigenvalue weighted by molar-refractivity contribution is -0.297. The monoisotopic (exact) mass is 536 g/mol. The Labute approximate surface area is 217 Å². The Balaban J connectivity index is 1.48. The molecule has 2 aromatic rings. The Bertz CT molecular complexity index is 1020. The van der Waals surface area contributed by atoms with Crippen LogP contribution in [0.1, 0.15) is 47.9 Å². The van der Waals surface area contributed by atoms with Crippen LogP contribution in [0.25, 0.3) is 0 Å². The van der Waals surface area contributed by atoms with E-state index in [4.69, 9.17) is 18.9 Å². The third-order valence-corrected chi connectivity index (χ3v) is 5.93. The van der Waals surface area contributed by atoms with E-state index < -0.39 is 36.4 Å². The Hall–Kier alpha value is -3.50. The normalized spacial score (nSPS) is 17.9. The first kappa shape index (κ1) is 29.1. The number of carbonyl (C=O) groups is 2. The molecule has 2 aromatic carbocycles. The number of benzene rings is 2. The number of ether oxygens (including phenoxy) is 4. The number of hydrogen-bond donors (Lipinski definition) is 0. The van der Waals surface area contributed by atoms with Crippen molar-refractivity contribution in [3.05, 3.63) is 96.1 Å². The zero-order chi connectivity index (χ0) is 27.8. The van der Waals surface area contributed by atoms with E-state index in [2.05, 4.69) is 13.2 Å². The van der Waals surface area contributed by atoms with Gasteiger partial charge in [0.1, 0.15) is 13.2 Å². The second-order valence-electron chi connectivity index (χ2n) is 8.69. The third kappa shape index (κ3) is 8.26. The molecule has 0 heterocycles. The predicted octanol–water partition coefficient (Wildman–Crippen LogP) is 6.29. The molecule has 0 amide bonds. The standard InChI is InChI=1S/C28H28F4O6/c1-3-25(33)35-17-19-5-9-21(10-6-19)27(29,30)37-23-13-15-24(16-14-23)38-28(31,32)22-11-7-20(8-12-22)18-36-26(34)4-2/h3-12,23-24H,1-2,13-18H2. The van der Waals surface area contributed by atoms with Gasteiger partial charge in [-0.1, -0.05) is 37.4 Å². The molecule has 0 atom stereocenters. The van der Waals surface area contributed by atoms with Crippen LogP contribution >= 0.6 is 0 Å². The lowest BCUT2D eigenvalue weighted by Crippen LogP contribution is -2.34. The molecule has 0 spiro atoms. The van der Waals surface area contributed by atoms with Crippen molar-refractivity contribution in [1.82, 2.24) is 0 Å². The highest BCUT2D eigenvalue weighted by atomic mass is 19.3. The molecule has 0 N–H and O–H groups in total. The van der Waals surface area contributed by atoms with E-state index in [-0.39, 0.29) is 50.0 Å². The molecule has 0 bridgehead atoms. The summed E-state index contributed by atoms with van der Waals surface area (Å²) >= 11 is 0. The summed E-state index contributed by atoms with van der Waals surface area (Å²) in [6.45, 7) is 6.39. The number of halogens is 4. The van der Waals surface area contributed by atoms with Gasteiger partial charge < -0.3 is 18.9 Å². The molecular formula is C28H28F4O6. The second kappa shape index (κ2) is 12.8. The van der Waals surface area contributed by atoms with Crippen LogP contribution in [0, 0.1) is 0 Å². The van der Waals surface area contributed by atoms with Gasteiger partial charge in [0.15, 0.2) is 0 Å². The van der Waals surface area contributed by atoms with Gasteiger partial charge in [0.25, 0.3) is 0 Å². The van der Waals surface area contributed by atoms with Crippen LogP contribution in [0.2, 0.25) is 0 Å². The van der Waals surface area contributed by atoms with E-state index in [1.807, 2.05) is 0 Å². The number of hydrogen-bond acceptors (Lipinski definition) is 6. The average Bonchev–Trinajstić information content (AvgIpc) is 2.91. The minimum atomic E-state index is -3.58. The molecule has 0 aliphatic heterocycles. The van der Waals surface area contributed by atoms with Crippen LogP contribution in [0.15, 0.2) is 73.8 Å². The SMILES string of the molecule is C=CC(=O)OCc1ccc(C(F)(F)OC2CCC(OC(F)(F)c3ccc(COC(=O)C=C)cc3)CC2)cc1. The number of esters is 2. The maximum Gasteiger partial charge on any atom is 0.383 e. The highest BCUT2D eigenvalue weighted by molar-refractivity contribution is 5.81. The van der Waals surface area contributed by atoms with Gasteiger partial charge in [0.2, 0.25) is 0 Å². The molecule has 0 radical (unpaired) electrons. The average molecular weight is 537 g/mol. The fraction of sp³-hybridized carbons (Fsp3) is 0.357. The molecule has 0 aromatic heterocycles. The van der Waals surface area contributed by atoms with Gasteiger partial charge >= 0.3 is 24.2 Å². The van der Waals surface area contributed by atoms with E-state index >= 15 is 0 Å². The lowest BCUT2D eigenvalue weighted by atomic mass is 9.94. The van der Waals surface area contributed by atoms with Crippen LogP contribution in [0.3, 0.4) is 0 Å². The van der Waals surface area contributed by atoms with Gasteiger partial charge in [-0.15, -0.1) is 0 Å². The van der Waals surface area contributed by atoms with E-state index in [0.29, 0.717) is 11.1 Å². The predicted molar refractivity (Wildman–Crippen MR) is 129 cm³/mol. The fourth-order valence-corrected chi connectivity index (χ4v) is 3.84. The van der Waals surface area contributed by atoms with E-state index in [1.165, 1.54) is 48.5 Å². The highest BCUT2D eigenvalue weighted by Crippen LogP contribution is 2.38. The van der Waals surface area contributed by atoms with Gasteiger partial charge in [0.05, 0.1) is 23.3 Å². The zero-order valence-electron chi connectivity index (χ0n) is 20.5. The summed E-state index contributed by atoms with van der Waals surface area (Å²) in [4.78, 5) is 22.2. The first-order chi connectivity index (χ1) is 18.0. The fourth-order valence-electron chi connectivity index (χ4n) is 3.84. The summed E-state index contributed by atoms with van der Waals surface area (Å²) < 4.78 is 78.5. The van der Waals surface area contributed by atoms with Crippen molar-refractivity contribution in [1.29, 1.82) is 0 Å². The highest BCUT2D eigenvalue weighted by Gasteiger charge is 2.40. The minimum Gasteiger partial charge on any atom is -0.458 e. The van der Waals surface area contributed by atoms with Crippen molar-refractivity contribution in [3.8, 4) is 0 Å². The molecule has 1 saturated carbocycles. The maximum atomic E-state index is 14.7. The number of carbonyl (C=O) groups excluding carboxylic acids is 2. The minimum absolute atomic E-state index is 0.0818. The summed E-state index contributed by atoms with van der Waals surface area (Å²) in [5.41, 5.74) is 0.293. The molecule has 1 aliphatic rings. The summed E-state index contributed by atoms with van der Waals surface area (Å²) in [6.07, 6.45) is -6.32. The molecule has 204 valence electrons. The van der Waals surface area contributed by atoms with E-state index in [1.54, 1.807) is 0 Å². The molecule has 3 rings (SSSR count). The van der Waals surface area contributed by atoms with Crippen molar-refractivity contribution < 1.29 is 46.1 Å². The van der Waals surface area contributed by atoms with Crippen molar-refractivity contribution in [2.45, 2.75) is 63.3 Å². The molecule has 1 aliphatic carbocycles. The number of alkyl halides is 4. The second-order valence-corrected chi connectivity index (χ2v) is 8.69. The first-order valence-electron chi connectivity index (χ1n) is 11.9. The molecule has 0 saturated heterocycles. The van der Waals surface area contributed by atoms with Gasteiger partial charge in [0, 0.05) is 12.2 Å². The molecule has 0 unspecified atom stereocenters. The first-order valence-corrected chi connectivity index (χ1v) is 11.9. The lowest BCUT2D eigenvalue weighted by Gasteiger charge is -2.33. The Morgan fingerprint density at radius 3 is 1.29 bits per heavy atom. The maximum absolute atomic E-state index is 14.7. The molecular weight excluding hydrogens is 508 g/mol. The van der Waals surface area contributed by atoms with E-state index in [9.17, 15) is 27.2 Å². The van der Waals surface area contributed by atoms with Crippen LogP contribution in [0.4, 0.5) is 17.6 Å². The van der Waals surface area contributed by atoms with E-state index in [0.717, 1.165) is 12.2 Å². The zero-order valence-corrected chi connectivity index (χ0v) is 20.5. The molecule has 6 nitrogen and oxygen atoms in total. The quantitative estimate of drug-likeness (QED) is 0.180. The topological polar surface area (TPSA) is 71.1 Å². The summed E-state index contributed by atoms with van der Waals surface area (Å²) in [5.74, 6) is -1.25. The van der Waals surface area contributed by atoms with Crippen LogP contribution in [-0.4, -0.2) is 24.1 Å². The van der Waals surface area contributed by atoms with Crippen molar-refractivity contribution in [2.24, 2.45) is 0 Å². The Morgan fingerprint density at radius 1 is 0.684 bits per heavy atom. The summed E-state index contributed by atoms with van der Waals surface area (Å²) in [6, 6.07) is 10.3.